The van der Waals surface area contributed by atoms with Gasteiger partial charge in [0.25, 0.3) is 5.91 Å². The van der Waals surface area contributed by atoms with Crippen molar-refractivity contribution in [1.82, 2.24) is 0 Å². The Labute approximate surface area is 191 Å². The third kappa shape index (κ3) is 4.48. The van der Waals surface area contributed by atoms with E-state index in [-0.39, 0.29) is 11.6 Å². The van der Waals surface area contributed by atoms with Gasteiger partial charge in [0.1, 0.15) is 23.0 Å². The lowest BCUT2D eigenvalue weighted by Gasteiger charge is -2.19. The molecule has 0 atom stereocenters. The number of nitrogens with zero attached hydrogens (tertiary/aromatic N) is 2. The summed E-state index contributed by atoms with van der Waals surface area (Å²) in [4.78, 5) is 31.3. The number of ether oxygens (including phenoxy) is 3. The van der Waals surface area contributed by atoms with Crippen LogP contribution in [0.2, 0.25) is 0 Å². The molecule has 0 unspecified atom stereocenters. The van der Waals surface area contributed by atoms with E-state index in [0.717, 1.165) is 11.1 Å². The maximum Gasteiger partial charge on any atom is 0.337 e. The molecular formula is C26H22N2O5. The lowest BCUT2D eigenvalue weighted by Crippen LogP contribution is -2.32. The van der Waals surface area contributed by atoms with Crippen LogP contribution in [-0.2, 0) is 9.53 Å². The minimum Gasteiger partial charge on any atom is -0.497 e. The number of benzene rings is 3. The van der Waals surface area contributed by atoms with Gasteiger partial charge in [0.15, 0.2) is 0 Å². The molecule has 1 aliphatic rings. The van der Waals surface area contributed by atoms with E-state index in [0.29, 0.717) is 28.6 Å². The summed E-state index contributed by atoms with van der Waals surface area (Å²) in [5.74, 6) is 1.22. The first-order valence-electron chi connectivity index (χ1n) is 10.2. The average molecular weight is 442 g/mol. The molecule has 0 aliphatic carbocycles. The van der Waals surface area contributed by atoms with Crippen molar-refractivity contribution in [1.29, 1.82) is 0 Å². The van der Waals surface area contributed by atoms with E-state index in [9.17, 15) is 9.59 Å². The van der Waals surface area contributed by atoms with Crippen LogP contribution in [0, 0.1) is 0 Å². The fraction of sp³-hybridized carbons (Fsp3) is 0.115. The van der Waals surface area contributed by atoms with E-state index >= 15 is 0 Å². The van der Waals surface area contributed by atoms with Crippen molar-refractivity contribution in [3.8, 4) is 11.5 Å². The van der Waals surface area contributed by atoms with Crippen LogP contribution in [0.1, 0.15) is 21.5 Å². The van der Waals surface area contributed by atoms with Gasteiger partial charge in [0.05, 0.1) is 32.6 Å². The van der Waals surface area contributed by atoms with Gasteiger partial charge in [-0.1, -0.05) is 12.1 Å². The molecule has 166 valence electrons. The van der Waals surface area contributed by atoms with Crippen molar-refractivity contribution in [2.75, 3.05) is 26.2 Å². The Morgan fingerprint density at radius 1 is 0.818 bits per heavy atom. The summed E-state index contributed by atoms with van der Waals surface area (Å²) in [6, 6.07) is 21.3. The number of amides is 1. The Balaban J connectivity index is 1.74. The molecule has 33 heavy (non-hydrogen) atoms. The minimum absolute atomic E-state index is 0.261. The lowest BCUT2D eigenvalue weighted by atomic mass is 10.1. The molecule has 0 N–H and O–H groups in total. The van der Waals surface area contributed by atoms with Crippen LogP contribution >= 0.6 is 0 Å². The van der Waals surface area contributed by atoms with Gasteiger partial charge in [-0.2, -0.15) is 0 Å². The van der Waals surface area contributed by atoms with Gasteiger partial charge >= 0.3 is 5.97 Å². The minimum atomic E-state index is -0.420. The Kier molecular flexibility index (Phi) is 6.22. The van der Waals surface area contributed by atoms with Crippen LogP contribution < -0.4 is 14.4 Å². The van der Waals surface area contributed by atoms with E-state index in [4.69, 9.17) is 14.2 Å². The maximum atomic E-state index is 13.4. The molecule has 0 saturated carbocycles. The molecule has 0 aromatic heterocycles. The van der Waals surface area contributed by atoms with E-state index in [1.54, 1.807) is 61.6 Å². The first-order chi connectivity index (χ1) is 16.0. The molecular weight excluding hydrogens is 420 g/mol. The first kappa shape index (κ1) is 21.8. The van der Waals surface area contributed by atoms with E-state index in [1.165, 1.54) is 7.11 Å². The number of hydrogen-bond acceptors (Lipinski definition) is 6. The molecule has 7 heteroatoms. The van der Waals surface area contributed by atoms with Crippen molar-refractivity contribution in [2.24, 2.45) is 4.99 Å². The molecule has 0 radical (unpaired) electrons. The molecule has 0 saturated heterocycles. The topological polar surface area (TPSA) is 77.4 Å². The highest BCUT2D eigenvalue weighted by Crippen LogP contribution is 2.29. The van der Waals surface area contributed by atoms with Crippen molar-refractivity contribution in [2.45, 2.75) is 0 Å². The lowest BCUT2D eigenvalue weighted by molar-refractivity contribution is -0.113. The second-order valence-corrected chi connectivity index (χ2v) is 7.15. The van der Waals surface area contributed by atoms with Crippen LogP contribution in [0.5, 0.6) is 11.5 Å². The predicted molar refractivity (Wildman–Crippen MR) is 126 cm³/mol. The summed E-state index contributed by atoms with van der Waals surface area (Å²) in [5, 5.41) is 0. The third-order valence-electron chi connectivity index (χ3n) is 5.17. The van der Waals surface area contributed by atoms with Gasteiger partial charge in [-0.05, 0) is 72.3 Å². The molecule has 4 rings (SSSR count). The van der Waals surface area contributed by atoms with Gasteiger partial charge in [-0.3, -0.25) is 9.69 Å². The molecule has 0 spiro atoms. The smallest absolute Gasteiger partial charge is 0.337 e. The van der Waals surface area contributed by atoms with Crippen molar-refractivity contribution < 1.29 is 23.8 Å². The number of carbonyl (C=O) groups excluding carboxylic acids is 2. The molecule has 0 fully saturated rings. The molecule has 7 nitrogen and oxygen atoms in total. The molecule has 1 aliphatic heterocycles. The highest BCUT2D eigenvalue weighted by molar-refractivity contribution is 6.33. The zero-order valence-electron chi connectivity index (χ0n) is 18.4. The van der Waals surface area contributed by atoms with Crippen molar-refractivity contribution in [3.63, 3.8) is 0 Å². The van der Waals surface area contributed by atoms with Gasteiger partial charge < -0.3 is 14.2 Å². The van der Waals surface area contributed by atoms with Gasteiger partial charge in [-0.15, -0.1) is 0 Å². The summed E-state index contributed by atoms with van der Waals surface area (Å²) < 4.78 is 15.2. The van der Waals surface area contributed by atoms with Gasteiger partial charge in [0, 0.05) is 5.56 Å². The Morgan fingerprint density at radius 3 is 1.94 bits per heavy atom. The van der Waals surface area contributed by atoms with Crippen LogP contribution in [-0.4, -0.2) is 39.0 Å². The highest BCUT2D eigenvalue weighted by atomic mass is 16.5. The number of carbonyl (C=O) groups is 2. The van der Waals surface area contributed by atoms with E-state index in [1.807, 2.05) is 36.4 Å². The van der Waals surface area contributed by atoms with Crippen LogP contribution in [0.15, 0.2) is 83.5 Å². The second kappa shape index (κ2) is 9.40. The summed E-state index contributed by atoms with van der Waals surface area (Å²) >= 11 is 0. The fourth-order valence-electron chi connectivity index (χ4n) is 3.41. The maximum absolute atomic E-state index is 13.4. The number of anilines is 1. The predicted octanol–water partition coefficient (Wildman–Crippen LogP) is 4.32. The van der Waals surface area contributed by atoms with Crippen molar-refractivity contribution in [3.05, 3.63) is 95.2 Å². The zero-order chi connectivity index (χ0) is 23.4. The summed E-state index contributed by atoms with van der Waals surface area (Å²) in [6.45, 7) is 0. The number of methoxy groups -OCH3 is 3. The summed E-state index contributed by atoms with van der Waals surface area (Å²) in [6.07, 6.45) is 1.69. The van der Waals surface area contributed by atoms with Gasteiger partial charge in [-0.25, -0.2) is 9.79 Å². The number of hydrogen-bond donors (Lipinski definition) is 0. The normalized spacial score (nSPS) is 14.3. The fourth-order valence-corrected chi connectivity index (χ4v) is 3.41. The third-order valence-corrected chi connectivity index (χ3v) is 5.17. The SMILES string of the molecule is COC(=O)c1ccc(/C=C2/N=C(c3ccc(OC)cc3)N(c3ccc(OC)cc3)C2=O)cc1. The molecule has 3 aromatic carbocycles. The first-order valence-corrected chi connectivity index (χ1v) is 10.2. The van der Waals surface area contributed by atoms with Gasteiger partial charge in [0.2, 0.25) is 0 Å². The quantitative estimate of drug-likeness (QED) is 0.420. The number of esters is 1. The average Bonchev–Trinajstić information content (AvgIpc) is 3.19. The largest absolute Gasteiger partial charge is 0.497 e. The standard InChI is InChI=1S/C26H22N2O5/c1-31-21-12-8-18(9-13-21)24-27-23(16-17-4-6-19(7-5-17)26(30)33-3)25(29)28(24)20-10-14-22(32-2)15-11-20/h4-16H,1-3H3/b23-16+. The molecule has 1 heterocycles. The van der Waals surface area contributed by atoms with Crippen LogP contribution in [0.3, 0.4) is 0 Å². The van der Waals surface area contributed by atoms with Crippen LogP contribution in [0.25, 0.3) is 6.08 Å². The molecule has 1 amide bonds. The van der Waals surface area contributed by atoms with E-state index in [2.05, 4.69) is 4.99 Å². The van der Waals surface area contributed by atoms with Crippen molar-refractivity contribution >= 4 is 29.5 Å². The monoisotopic (exact) mass is 442 g/mol. The van der Waals surface area contributed by atoms with E-state index < -0.39 is 5.97 Å². The zero-order valence-corrected chi connectivity index (χ0v) is 18.4. The number of amidine groups is 1. The Bertz CT molecular complexity index is 1230. The highest BCUT2D eigenvalue weighted by Gasteiger charge is 2.32. The molecule has 3 aromatic rings. The summed E-state index contributed by atoms with van der Waals surface area (Å²) in [7, 11) is 4.52. The number of aliphatic imine (C=N–C) groups is 1. The van der Waals surface area contributed by atoms with Crippen LogP contribution in [0.4, 0.5) is 5.69 Å². The number of rotatable bonds is 6. The second-order valence-electron chi connectivity index (χ2n) is 7.15. The molecule has 0 bridgehead atoms. The Morgan fingerprint density at radius 2 is 1.39 bits per heavy atom. The summed E-state index contributed by atoms with van der Waals surface area (Å²) in [5.41, 5.74) is 2.88. The Hall–Kier alpha value is -4.39.